The summed E-state index contributed by atoms with van der Waals surface area (Å²) in [6.45, 7) is 1.88. The Hall–Kier alpha value is -2.61. The average Bonchev–Trinajstić information content (AvgIpc) is 3.13. The van der Waals surface area contributed by atoms with Gasteiger partial charge in [-0.3, -0.25) is 14.8 Å². The molecule has 3 rings (SSSR count). The fourth-order valence-corrected chi connectivity index (χ4v) is 2.78. The minimum absolute atomic E-state index is 0.0553. The Kier molecular flexibility index (Phi) is 4.16. The van der Waals surface area contributed by atoms with Crippen molar-refractivity contribution in [2.75, 3.05) is 11.6 Å². The highest BCUT2D eigenvalue weighted by Crippen LogP contribution is 2.23. The minimum atomic E-state index is -0.286. The lowest BCUT2D eigenvalue weighted by atomic mass is 10.2. The monoisotopic (exact) mass is 329 g/mol. The average molecular weight is 329 g/mol. The van der Waals surface area contributed by atoms with Crippen LogP contribution in [-0.4, -0.2) is 32.1 Å². The van der Waals surface area contributed by atoms with E-state index in [4.69, 9.17) is 4.42 Å². The first-order valence-corrected chi connectivity index (χ1v) is 8.10. The second-order valence-corrected chi connectivity index (χ2v) is 5.71. The molecule has 3 aromatic rings. The van der Waals surface area contributed by atoms with E-state index in [9.17, 15) is 4.79 Å². The van der Waals surface area contributed by atoms with Gasteiger partial charge in [0.15, 0.2) is 0 Å². The van der Waals surface area contributed by atoms with Crippen LogP contribution in [0.1, 0.15) is 16.1 Å². The fourth-order valence-electron chi connectivity index (χ4n) is 2.18. The number of aromatic nitrogens is 4. The van der Waals surface area contributed by atoms with Gasteiger partial charge >= 0.3 is 6.01 Å². The summed E-state index contributed by atoms with van der Waals surface area (Å²) >= 11 is 1.50. The first kappa shape index (κ1) is 15.3. The molecule has 1 amide bonds. The van der Waals surface area contributed by atoms with Gasteiger partial charge in [0.2, 0.25) is 0 Å². The van der Waals surface area contributed by atoms with E-state index in [1.54, 1.807) is 17.8 Å². The molecule has 0 bridgehead atoms. The molecule has 0 aliphatic heterocycles. The van der Waals surface area contributed by atoms with E-state index in [0.29, 0.717) is 17.1 Å². The van der Waals surface area contributed by atoms with Gasteiger partial charge in [-0.2, -0.15) is 5.10 Å². The van der Waals surface area contributed by atoms with E-state index in [-0.39, 0.29) is 11.9 Å². The Bertz CT molecular complexity index is 855. The summed E-state index contributed by atoms with van der Waals surface area (Å²) in [5.74, 6) is 0.0212. The summed E-state index contributed by atoms with van der Waals surface area (Å²) in [5.41, 5.74) is 2.11. The van der Waals surface area contributed by atoms with Gasteiger partial charge in [0.05, 0.1) is 11.3 Å². The molecule has 0 aliphatic carbocycles. The zero-order valence-electron chi connectivity index (χ0n) is 12.9. The van der Waals surface area contributed by atoms with Crippen LogP contribution in [-0.2, 0) is 7.05 Å². The van der Waals surface area contributed by atoms with Crippen molar-refractivity contribution in [2.45, 2.75) is 11.8 Å². The third-order valence-electron chi connectivity index (χ3n) is 3.22. The van der Waals surface area contributed by atoms with Gasteiger partial charge in [-0.1, -0.05) is 17.2 Å². The summed E-state index contributed by atoms with van der Waals surface area (Å²) in [5, 5.41) is 14.7. The number of rotatable bonds is 4. The largest absolute Gasteiger partial charge is 0.401 e. The number of aryl methyl sites for hydroxylation is 2. The zero-order valence-corrected chi connectivity index (χ0v) is 13.7. The van der Waals surface area contributed by atoms with E-state index in [1.165, 1.54) is 11.8 Å². The standard InChI is InChI=1S/C15H15N5O2S/c1-9-8-11(20(2)19-9)14-17-18-15(22-14)16-13(21)10-6-4-5-7-12(10)23-3/h4-8H,1-3H3,(H,16,18,21). The van der Waals surface area contributed by atoms with E-state index < -0.39 is 0 Å². The van der Waals surface area contributed by atoms with Gasteiger partial charge in [0.1, 0.15) is 5.69 Å². The van der Waals surface area contributed by atoms with Gasteiger partial charge in [0, 0.05) is 11.9 Å². The topological polar surface area (TPSA) is 85.8 Å². The fraction of sp³-hybridized carbons (Fsp3) is 0.200. The molecule has 1 N–H and O–H groups in total. The van der Waals surface area contributed by atoms with Gasteiger partial charge in [0.25, 0.3) is 11.8 Å². The third kappa shape index (κ3) is 3.11. The molecule has 0 fully saturated rings. The summed E-state index contributed by atoms with van der Waals surface area (Å²) in [6, 6.07) is 9.23. The van der Waals surface area contributed by atoms with Crippen LogP contribution < -0.4 is 5.32 Å². The molecular formula is C15H15N5O2S. The molecule has 0 atom stereocenters. The molecule has 23 heavy (non-hydrogen) atoms. The number of hydrogen-bond acceptors (Lipinski definition) is 6. The second kappa shape index (κ2) is 6.25. The maximum absolute atomic E-state index is 12.3. The molecule has 118 valence electrons. The first-order valence-electron chi connectivity index (χ1n) is 6.87. The molecule has 0 radical (unpaired) electrons. The van der Waals surface area contributed by atoms with Crippen LogP contribution in [0, 0.1) is 6.92 Å². The van der Waals surface area contributed by atoms with Crippen LogP contribution in [0.4, 0.5) is 6.01 Å². The van der Waals surface area contributed by atoms with Crippen LogP contribution in [0.5, 0.6) is 0 Å². The van der Waals surface area contributed by atoms with Crippen molar-refractivity contribution >= 4 is 23.7 Å². The smallest absolute Gasteiger partial charge is 0.322 e. The number of anilines is 1. The lowest BCUT2D eigenvalue weighted by molar-refractivity contribution is 0.102. The van der Waals surface area contributed by atoms with Crippen molar-refractivity contribution in [3.63, 3.8) is 0 Å². The quantitative estimate of drug-likeness (QED) is 0.741. The van der Waals surface area contributed by atoms with Gasteiger partial charge < -0.3 is 4.42 Å². The number of thioether (sulfide) groups is 1. The minimum Gasteiger partial charge on any atom is -0.401 e. The Morgan fingerprint density at radius 1 is 1.30 bits per heavy atom. The van der Waals surface area contributed by atoms with Gasteiger partial charge in [-0.15, -0.1) is 16.9 Å². The van der Waals surface area contributed by atoms with Crippen molar-refractivity contribution in [2.24, 2.45) is 7.05 Å². The Morgan fingerprint density at radius 2 is 2.09 bits per heavy atom. The predicted octanol–water partition coefficient (Wildman–Crippen LogP) is 2.75. The van der Waals surface area contributed by atoms with E-state index in [1.807, 2.05) is 37.4 Å². The molecule has 0 unspecified atom stereocenters. The SMILES string of the molecule is CSc1ccccc1C(=O)Nc1nnc(-c2cc(C)nn2C)o1. The first-order chi connectivity index (χ1) is 11.1. The molecule has 1 aromatic carbocycles. The Morgan fingerprint density at radius 3 is 2.78 bits per heavy atom. The van der Waals surface area contributed by atoms with Crippen molar-refractivity contribution in [1.82, 2.24) is 20.0 Å². The maximum atomic E-state index is 12.3. The summed E-state index contributed by atoms with van der Waals surface area (Å²) < 4.78 is 7.16. The highest BCUT2D eigenvalue weighted by molar-refractivity contribution is 7.98. The number of benzene rings is 1. The zero-order chi connectivity index (χ0) is 16.4. The van der Waals surface area contributed by atoms with E-state index in [2.05, 4.69) is 20.6 Å². The number of carbonyl (C=O) groups excluding carboxylic acids is 1. The number of amides is 1. The van der Waals surface area contributed by atoms with E-state index in [0.717, 1.165) is 10.6 Å². The van der Waals surface area contributed by atoms with Crippen molar-refractivity contribution < 1.29 is 9.21 Å². The predicted molar refractivity (Wildman–Crippen MR) is 87.4 cm³/mol. The molecule has 0 saturated carbocycles. The van der Waals surface area contributed by atoms with Crippen molar-refractivity contribution in [1.29, 1.82) is 0 Å². The highest BCUT2D eigenvalue weighted by atomic mass is 32.2. The molecule has 0 aliphatic rings. The molecule has 0 saturated heterocycles. The van der Waals surface area contributed by atoms with Crippen LogP contribution in [0.15, 0.2) is 39.6 Å². The summed E-state index contributed by atoms with van der Waals surface area (Å²) in [4.78, 5) is 13.2. The number of nitrogens with one attached hydrogen (secondary N) is 1. The number of hydrogen-bond donors (Lipinski definition) is 1. The van der Waals surface area contributed by atoms with Crippen LogP contribution in [0.2, 0.25) is 0 Å². The normalized spacial score (nSPS) is 10.7. The van der Waals surface area contributed by atoms with Crippen LogP contribution >= 0.6 is 11.8 Å². The molecule has 2 aromatic heterocycles. The number of carbonyl (C=O) groups is 1. The summed E-state index contributed by atoms with van der Waals surface area (Å²) in [6.07, 6.45) is 1.92. The van der Waals surface area contributed by atoms with Gasteiger partial charge in [-0.25, -0.2) is 0 Å². The molecule has 8 heteroatoms. The Balaban J connectivity index is 1.82. The lowest BCUT2D eigenvalue weighted by Crippen LogP contribution is -2.13. The van der Waals surface area contributed by atoms with Crippen LogP contribution in [0.25, 0.3) is 11.6 Å². The number of nitrogens with zero attached hydrogens (tertiary/aromatic N) is 4. The van der Waals surface area contributed by atoms with Gasteiger partial charge in [-0.05, 0) is 31.4 Å². The van der Waals surface area contributed by atoms with Crippen molar-refractivity contribution in [3.8, 4) is 11.6 Å². The molecule has 2 heterocycles. The molecule has 7 nitrogen and oxygen atoms in total. The van der Waals surface area contributed by atoms with Crippen molar-refractivity contribution in [3.05, 3.63) is 41.6 Å². The van der Waals surface area contributed by atoms with Crippen LogP contribution in [0.3, 0.4) is 0 Å². The lowest BCUT2D eigenvalue weighted by Gasteiger charge is -2.05. The molecule has 0 spiro atoms. The molecular weight excluding hydrogens is 314 g/mol. The second-order valence-electron chi connectivity index (χ2n) is 4.86. The summed E-state index contributed by atoms with van der Waals surface area (Å²) in [7, 11) is 1.79. The highest BCUT2D eigenvalue weighted by Gasteiger charge is 2.17. The Labute approximate surface area is 137 Å². The third-order valence-corrected chi connectivity index (χ3v) is 4.01. The maximum Gasteiger partial charge on any atom is 0.322 e. The van der Waals surface area contributed by atoms with E-state index >= 15 is 0 Å².